The lowest BCUT2D eigenvalue weighted by molar-refractivity contribution is 0.0593. The second-order valence-corrected chi connectivity index (χ2v) is 9.15. The highest BCUT2D eigenvalue weighted by molar-refractivity contribution is 7.89. The molecule has 1 saturated heterocycles. The molecule has 134 valence electrons. The van der Waals surface area contributed by atoms with Gasteiger partial charge in [0.1, 0.15) is 4.90 Å². The van der Waals surface area contributed by atoms with E-state index in [9.17, 15) is 21.6 Å². The van der Waals surface area contributed by atoms with Crippen molar-refractivity contribution in [3.63, 3.8) is 0 Å². The Morgan fingerprint density at radius 3 is 2.71 bits per heavy atom. The van der Waals surface area contributed by atoms with Crippen molar-refractivity contribution in [3.05, 3.63) is 23.5 Å². The standard InChI is InChI=1S/C13H19N3O6S2/c1-10-8-11(9-14-12(10)13(17)22-2)24(20,21)15-4-6-16-5-3-7-23(16,18)19/h8-9,15H,3-7H2,1-2H3. The van der Waals surface area contributed by atoms with Crippen LogP contribution in [0.15, 0.2) is 17.2 Å². The van der Waals surface area contributed by atoms with E-state index in [1.165, 1.54) is 17.5 Å². The number of sulfonamides is 2. The van der Waals surface area contributed by atoms with Crippen molar-refractivity contribution in [2.45, 2.75) is 18.2 Å². The van der Waals surface area contributed by atoms with E-state index in [1.54, 1.807) is 6.92 Å². The molecule has 2 rings (SSSR count). The van der Waals surface area contributed by atoms with Gasteiger partial charge in [0.05, 0.1) is 12.9 Å². The fraction of sp³-hybridized carbons (Fsp3) is 0.538. The molecule has 0 aromatic carbocycles. The van der Waals surface area contributed by atoms with Crippen LogP contribution in [0.1, 0.15) is 22.5 Å². The predicted octanol–water partition coefficient (Wildman–Crippen LogP) is -0.510. The molecule has 1 aromatic heterocycles. The Labute approximate surface area is 141 Å². The number of pyridine rings is 1. The van der Waals surface area contributed by atoms with Crippen LogP contribution in [0.3, 0.4) is 0 Å². The number of hydrogen-bond donors (Lipinski definition) is 1. The highest BCUT2D eigenvalue weighted by Gasteiger charge is 2.28. The van der Waals surface area contributed by atoms with Gasteiger partial charge in [0, 0.05) is 25.8 Å². The van der Waals surface area contributed by atoms with Gasteiger partial charge in [-0.3, -0.25) is 0 Å². The average molecular weight is 377 g/mol. The number of ether oxygens (including phenoxy) is 1. The zero-order chi connectivity index (χ0) is 18.0. The Morgan fingerprint density at radius 2 is 2.17 bits per heavy atom. The third kappa shape index (κ3) is 4.09. The van der Waals surface area contributed by atoms with Gasteiger partial charge in [-0.05, 0) is 25.0 Å². The number of nitrogens with zero attached hydrogens (tertiary/aromatic N) is 2. The lowest BCUT2D eigenvalue weighted by atomic mass is 10.2. The summed E-state index contributed by atoms with van der Waals surface area (Å²) >= 11 is 0. The van der Waals surface area contributed by atoms with Gasteiger partial charge in [0.15, 0.2) is 5.69 Å². The molecule has 1 aliphatic heterocycles. The minimum atomic E-state index is -3.85. The van der Waals surface area contributed by atoms with Crippen molar-refractivity contribution in [1.82, 2.24) is 14.0 Å². The lowest BCUT2D eigenvalue weighted by Crippen LogP contribution is -2.36. The van der Waals surface area contributed by atoms with Crippen molar-refractivity contribution in [3.8, 4) is 0 Å². The van der Waals surface area contributed by atoms with E-state index in [1.807, 2.05) is 0 Å². The molecule has 1 aromatic rings. The maximum Gasteiger partial charge on any atom is 0.356 e. The van der Waals surface area contributed by atoms with Gasteiger partial charge < -0.3 is 4.74 Å². The van der Waals surface area contributed by atoms with Gasteiger partial charge in [-0.25, -0.2) is 35.6 Å². The molecule has 1 aliphatic rings. The van der Waals surface area contributed by atoms with Gasteiger partial charge in [-0.2, -0.15) is 0 Å². The van der Waals surface area contributed by atoms with Gasteiger partial charge in [0.25, 0.3) is 0 Å². The first-order chi connectivity index (χ1) is 11.2. The Balaban J connectivity index is 2.05. The molecule has 11 heteroatoms. The molecule has 9 nitrogen and oxygen atoms in total. The SMILES string of the molecule is COC(=O)c1ncc(S(=O)(=O)NCCN2CCCS2(=O)=O)cc1C. The minimum Gasteiger partial charge on any atom is -0.464 e. The maximum atomic E-state index is 12.2. The maximum absolute atomic E-state index is 12.2. The highest BCUT2D eigenvalue weighted by atomic mass is 32.2. The smallest absolute Gasteiger partial charge is 0.356 e. The second-order valence-electron chi connectivity index (χ2n) is 5.29. The van der Waals surface area contributed by atoms with E-state index in [0.29, 0.717) is 18.5 Å². The fourth-order valence-corrected chi connectivity index (χ4v) is 4.92. The molecule has 0 unspecified atom stereocenters. The highest BCUT2D eigenvalue weighted by Crippen LogP contribution is 2.14. The fourth-order valence-electron chi connectivity index (χ4n) is 2.34. The lowest BCUT2D eigenvalue weighted by Gasteiger charge is -2.14. The summed E-state index contributed by atoms with van der Waals surface area (Å²) in [6.45, 7) is 1.99. The molecule has 0 atom stereocenters. The number of aromatic nitrogens is 1. The summed E-state index contributed by atoms with van der Waals surface area (Å²) in [7, 11) is -5.90. The molecule has 0 bridgehead atoms. The third-order valence-corrected chi connectivity index (χ3v) is 6.98. The summed E-state index contributed by atoms with van der Waals surface area (Å²) in [5, 5.41) is 0. The average Bonchev–Trinajstić information content (AvgIpc) is 2.85. The van der Waals surface area contributed by atoms with Crippen LogP contribution in [0.4, 0.5) is 0 Å². The Morgan fingerprint density at radius 1 is 1.46 bits per heavy atom. The van der Waals surface area contributed by atoms with E-state index in [0.717, 1.165) is 6.20 Å². The first-order valence-corrected chi connectivity index (χ1v) is 10.3. The molecule has 1 N–H and O–H groups in total. The Hall–Kier alpha value is -1.56. The van der Waals surface area contributed by atoms with Crippen LogP contribution in [0.25, 0.3) is 0 Å². The first kappa shape index (κ1) is 18.8. The van der Waals surface area contributed by atoms with Crippen LogP contribution in [-0.4, -0.2) is 64.6 Å². The molecule has 0 aliphatic carbocycles. The van der Waals surface area contributed by atoms with Crippen molar-refractivity contribution >= 4 is 26.0 Å². The number of rotatable bonds is 6. The largest absolute Gasteiger partial charge is 0.464 e. The van der Waals surface area contributed by atoms with Crippen molar-refractivity contribution in [1.29, 1.82) is 0 Å². The van der Waals surface area contributed by atoms with Crippen LogP contribution < -0.4 is 4.72 Å². The van der Waals surface area contributed by atoms with E-state index in [4.69, 9.17) is 0 Å². The number of nitrogens with one attached hydrogen (secondary N) is 1. The van der Waals surface area contributed by atoms with Gasteiger partial charge in [-0.1, -0.05) is 0 Å². The number of methoxy groups -OCH3 is 1. The third-order valence-electron chi connectivity index (χ3n) is 3.60. The van der Waals surface area contributed by atoms with E-state index in [-0.39, 0.29) is 29.4 Å². The first-order valence-electron chi connectivity index (χ1n) is 7.20. The number of esters is 1. The molecular formula is C13H19N3O6S2. The van der Waals surface area contributed by atoms with Crippen LogP contribution in [-0.2, 0) is 24.8 Å². The Kier molecular flexibility index (Phi) is 5.58. The number of hydrogen-bond acceptors (Lipinski definition) is 7. The molecule has 2 heterocycles. The summed E-state index contributed by atoms with van der Waals surface area (Å²) < 4.78 is 55.9. The molecule has 0 radical (unpaired) electrons. The van der Waals surface area contributed by atoms with E-state index < -0.39 is 26.0 Å². The summed E-state index contributed by atoms with van der Waals surface area (Å²) in [5.41, 5.74) is 0.409. The molecule has 24 heavy (non-hydrogen) atoms. The zero-order valence-corrected chi connectivity index (χ0v) is 15.0. The van der Waals surface area contributed by atoms with E-state index in [2.05, 4.69) is 14.4 Å². The van der Waals surface area contributed by atoms with E-state index >= 15 is 0 Å². The number of aryl methyl sites for hydroxylation is 1. The second kappa shape index (κ2) is 7.13. The van der Waals surface area contributed by atoms with Gasteiger partial charge >= 0.3 is 5.97 Å². The summed E-state index contributed by atoms with van der Waals surface area (Å²) in [5.74, 6) is -0.554. The van der Waals surface area contributed by atoms with Crippen LogP contribution in [0, 0.1) is 6.92 Å². The van der Waals surface area contributed by atoms with Crippen LogP contribution >= 0.6 is 0 Å². The normalized spacial score (nSPS) is 17.8. The number of carbonyl (C=O) groups excluding carboxylic acids is 1. The van der Waals surface area contributed by atoms with Gasteiger partial charge in [-0.15, -0.1) is 0 Å². The monoisotopic (exact) mass is 377 g/mol. The predicted molar refractivity (Wildman–Crippen MR) is 85.5 cm³/mol. The number of carbonyl (C=O) groups is 1. The van der Waals surface area contributed by atoms with Crippen LogP contribution in [0.2, 0.25) is 0 Å². The van der Waals surface area contributed by atoms with Crippen molar-refractivity contribution in [2.75, 3.05) is 32.5 Å². The van der Waals surface area contributed by atoms with Gasteiger partial charge in [0.2, 0.25) is 20.0 Å². The molecular weight excluding hydrogens is 358 g/mol. The summed E-state index contributed by atoms with van der Waals surface area (Å²) in [4.78, 5) is 15.2. The summed E-state index contributed by atoms with van der Waals surface area (Å²) in [6.07, 6.45) is 1.61. The van der Waals surface area contributed by atoms with Crippen molar-refractivity contribution < 1.29 is 26.4 Å². The Bertz CT molecular complexity index is 835. The summed E-state index contributed by atoms with van der Waals surface area (Å²) in [6, 6.07) is 1.31. The molecule has 0 spiro atoms. The topological polar surface area (TPSA) is 123 Å². The van der Waals surface area contributed by atoms with Crippen LogP contribution in [0.5, 0.6) is 0 Å². The molecule has 0 saturated carbocycles. The quantitative estimate of drug-likeness (QED) is 0.662. The zero-order valence-electron chi connectivity index (χ0n) is 13.4. The minimum absolute atomic E-state index is 0.0413. The molecule has 1 fully saturated rings. The van der Waals surface area contributed by atoms with Crippen molar-refractivity contribution in [2.24, 2.45) is 0 Å². The molecule has 0 amide bonds.